The number of carbonyl (C=O) groups is 1. The Morgan fingerprint density at radius 2 is 1.83 bits per heavy atom. The molecule has 150 valence electrons. The van der Waals surface area contributed by atoms with E-state index in [1.54, 1.807) is 36.5 Å². The predicted molar refractivity (Wildman–Crippen MR) is 111 cm³/mol. The topological polar surface area (TPSA) is 69.0 Å². The summed E-state index contributed by atoms with van der Waals surface area (Å²) in [6.07, 6.45) is 5.16. The van der Waals surface area contributed by atoms with Gasteiger partial charge in [0.15, 0.2) is 11.6 Å². The molecule has 0 fully saturated rings. The van der Waals surface area contributed by atoms with E-state index in [2.05, 4.69) is 15.4 Å². The summed E-state index contributed by atoms with van der Waals surface area (Å²) in [5.41, 5.74) is 2.71. The normalized spacial score (nSPS) is 10.6. The number of rotatable bonds is 7. The van der Waals surface area contributed by atoms with Gasteiger partial charge in [0.25, 0.3) is 5.91 Å². The standard InChI is InChI=1S/C23H19FN4O2/c24-20-4-1-2-5-22(20)30-16-18-10-12-25-21(14-18)23(29)27-19-8-6-17(7-9-19)15-28-13-3-11-26-28/h1-14H,15-16H2,(H,27,29). The van der Waals surface area contributed by atoms with E-state index in [9.17, 15) is 9.18 Å². The van der Waals surface area contributed by atoms with Gasteiger partial charge in [-0.15, -0.1) is 0 Å². The van der Waals surface area contributed by atoms with Crippen LogP contribution in [0.4, 0.5) is 10.1 Å². The van der Waals surface area contributed by atoms with Gasteiger partial charge >= 0.3 is 0 Å². The molecule has 0 bridgehead atoms. The number of nitrogens with one attached hydrogen (secondary N) is 1. The molecule has 2 aromatic heterocycles. The molecule has 0 aliphatic heterocycles. The fourth-order valence-corrected chi connectivity index (χ4v) is 2.88. The van der Waals surface area contributed by atoms with Crippen molar-refractivity contribution < 1.29 is 13.9 Å². The first-order chi connectivity index (χ1) is 14.7. The molecular formula is C23H19FN4O2. The molecule has 4 rings (SSSR count). The Kier molecular flexibility index (Phi) is 5.80. The summed E-state index contributed by atoms with van der Waals surface area (Å²) >= 11 is 0. The van der Waals surface area contributed by atoms with Crippen molar-refractivity contribution >= 4 is 11.6 Å². The third-order valence-corrected chi connectivity index (χ3v) is 4.40. The number of anilines is 1. The number of aromatic nitrogens is 3. The van der Waals surface area contributed by atoms with E-state index in [1.165, 1.54) is 12.3 Å². The van der Waals surface area contributed by atoms with Gasteiger partial charge in [0.1, 0.15) is 12.3 Å². The Morgan fingerprint density at radius 1 is 1.00 bits per heavy atom. The lowest BCUT2D eigenvalue weighted by atomic mass is 10.2. The molecule has 4 aromatic rings. The Balaban J connectivity index is 1.37. The van der Waals surface area contributed by atoms with E-state index in [0.29, 0.717) is 17.8 Å². The Morgan fingerprint density at radius 3 is 2.60 bits per heavy atom. The summed E-state index contributed by atoms with van der Waals surface area (Å²) in [5.74, 6) is -0.599. The Labute approximate surface area is 173 Å². The predicted octanol–water partition coefficient (Wildman–Crippen LogP) is 4.30. The highest BCUT2D eigenvalue weighted by Gasteiger charge is 2.10. The number of amides is 1. The van der Waals surface area contributed by atoms with Gasteiger partial charge in [-0.3, -0.25) is 14.5 Å². The highest BCUT2D eigenvalue weighted by Crippen LogP contribution is 2.17. The number of pyridine rings is 1. The molecule has 2 aromatic carbocycles. The van der Waals surface area contributed by atoms with Gasteiger partial charge in [0, 0.05) is 24.3 Å². The van der Waals surface area contributed by atoms with Crippen molar-refractivity contribution in [2.45, 2.75) is 13.2 Å². The molecular weight excluding hydrogens is 383 g/mol. The smallest absolute Gasteiger partial charge is 0.274 e. The molecule has 7 heteroatoms. The second-order valence-corrected chi connectivity index (χ2v) is 6.62. The molecule has 0 atom stereocenters. The van der Waals surface area contributed by atoms with Crippen molar-refractivity contribution in [1.29, 1.82) is 0 Å². The van der Waals surface area contributed by atoms with Crippen LogP contribution in [-0.2, 0) is 13.2 Å². The van der Waals surface area contributed by atoms with Gasteiger partial charge in [-0.25, -0.2) is 4.39 Å². The number of halogens is 1. The van der Waals surface area contributed by atoms with Crippen LogP contribution in [0, 0.1) is 5.82 Å². The van der Waals surface area contributed by atoms with Crippen molar-refractivity contribution in [2.75, 3.05) is 5.32 Å². The monoisotopic (exact) mass is 402 g/mol. The van der Waals surface area contributed by atoms with E-state index in [-0.39, 0.29) is 24.0 Å². The van der Waals surface area contributed by atoms with Gasteiger partial charge < -0.3 is 10.1 Å². The summed E-state index contributed by atoms with van der Waals surface area (Å²) < 4.78 is 21.0. The third-order valence-electron chi connectivity index (χ3n) is 4.40. The Hall–Kier alpha value is -4.00. The Bertz CT molecular complexity index is 1130. The van der Waals surface area contributed by atoms with Crippen LogP contribution in [0.15, 0.2) is 85.3 Å². The lowest BCUT2D eigenvalue weighted by molar-refractivity contribution is 0.102. The highest BCUT2D eigenvalue weighted by atomic mass is 19.1. The van der Waals surface area contributed by atoms with Crippen LogP contribution in [0.3, 0.4) is 0 Å². The second-order valence-electron chi connectivity index (χ2n) is 6.62. The van der Waals surface area contributed by atoms with Crippen molar-refractivity contribution in [3.05, 3.63) is 108 Å². The van der Waals surface area contributed by atoms with Crippen molar-refractivity contribution in [2.24, 2.45) is 0 Å². The number of para-hydroxylation sites is 1. The van der Waals surface area contributed by atoms with E-state index in [0.717, 1.165) is 5.56 Å². The number of ether oxygens (including phenoxy) is 1. The first kappa shape index (κ1) is 19.3. The minimum absolute atomic E-state index is 0.131. The van der Waals surface area contributed by atoms with E-state index in [4.69, 9.17) is 4.74 Å². The SMILES string of the molecule is O=C(Nc1ccc(Cn2cccn2)cc1)c1cc(COc2ccccc2F)ccn1. The molecule has 1 N–H and O–H groups in total. The molecule has 0 radical (unpaired) electrons. The zero-order valence-electron chi connectivity index (χ0n) is 16.0. The minimum Gasteiger partial charge on any atom is -0.486 e. The third kappa shape index (κ3) is 4.88. The van der Waals surface area contributed by atoms with E-state index >= 15 is 0 Å². The summed E-state index contributed by atoms with van der Waals surface area (Å²) in [6.45, 7) is 0.790. The van der Waals surface area contributed by atoms with Gasteiger partial charge in [-0.05, 0) is 53.6 Å². The number of nitrogens with zero attached hydrogens (tertiary/aromatic N) is 3. The van der Waals surface area contributed by atoms with Crippen molar-refractivity contribution in [3.63, 3.8) is 0 Å². The summed E-state index contributed by atoms with van der Waals surface area (Å²) in [5, 5.41) is 7.01. The van der Waals surface area contributed by atoms with Crippen LogP contribution in [0.1, 0.15) is 21.6 Å². The van der Waals surface area contributed by atoms with Crippen LogP contribution in [0.2, 0.25) is 0 Å². The maximum absolute atomic E-state index is 13.7. The van der Waals surface area contributed by atoms with Crippen LogP contribution < -0.4 is 10.1 Å². The highest BCUT2D eigenvalue weighted by molar-refractivity contribution is 6.02. The molecule has 0 spiro atoms. The molecule has 0 saturated carbocycles. The zero-order chi connectivity index (χ0) is 20.8. The van der Waals surface area contributed by atoms with Gasteiger partial charge in [-0.1, -0.05) is 24.3 Å². The molecule has 30 heavy (non-hydrogen) atoms. The first-order valence-corrected chi connectivity index (χ1v) is 9.37. The molecule has 0 unspecified atom stereocenters. The fourth-order valence-electron chi connectivity index (χ4n) is 2.88. The molecule has 2 heterocycles. The van der Waals surface area contributed by atoms with Crippen LogP contribution >= 0.6 is 0 Å². The minimum atomic E-state index is -0.430. The molecule has 0 saturated heterocycles. The van der Waals surface area contributed by atoms with E-state index < -0.39 is 5.82 Å². The molecule has 0 aliphatic carbocycles. The number of benzene rings is 2. The first-order valence-electron chi connectivity index (χ1n) is 9.37. The summed E-state index contributed by atoms with van der Waals surface area (Å²) in [7, 11) is 0. The summed E-state index contributed by atoms with van der Waals surface area (Å²) in [4.78, 5) is 16.7. The maximum Gasteiger partial charge on any atom is 0.274 e. The largest absolute Gasteiger partial charge is 0.486 e. The van der Waals surface area contributed by atoms with E-state index in [1.807, 2.05) is 41.2 Å². The summed E-state index contributed by atoms with van der Waals surface area (Å²) in [6, 6.07) is 18.9. The second kappa shape index (κ2) is 9.00. The molecule has 6 nitrogen and oxygen atoms in total. The van der Waals surface area contributed by atoms with Crippen LogP contribution in [0.25, 0.3) is 0 Å². The lowest BCUT2D eigenvalue weighted by Gasteiger charge is -2.09. The van der Waals surface area contributed by atoms with Gasteiger partial charge in [-0.2, -0.15) is 5.10 Å². The van der Waals surface area contributed by atoms with Crippen LogP contribution in [0.5, 0.6) is 5.75 Å². The average Bonchev–Trinajstić information content (AvgIpc) is 3.28. The van der Waals surface area contributed by atoms with Gasteiger partial charge in [0.2, 0.25) is 0 Å². The van der Waals surface area contributed by atoms with Crippen molar-refractivity contribution in [1.82, 2.24) is 14.8 Å². The maximum atomic E-state index is 13.7. The average molecular weight is 402 g/mol. The molecule has 0 aliphatic rings. The fraction of sp³-hybridized carbons (Fsp3) is 0.0870. The number of hydrogen-bond acceptors (Lipinski definition) is 4. The quantitative estimate of drug-likeness (QED) is 0.501. The van der Waals surface area contributed by atoms with Gasteiger partial charge in [0.05, 0.1) is 6.54 Å². The van der Waals surface area contributed by atoms with Crippen LogP contribution in [-0.4, -0.2) is 20.7 Å². The molecule has 1 amide bonds. The number of hydrogen-bond donors (Lipinski definition) is 1. The van der Waals surface area contributed by atoms with Crippen molar-refractivity contribution in [3.8, 4) is 5.75 Å². The zero-order valence-corrected chi connectivity index (χ0v) is 16.0. The lowest BCUT2D eigenvalue weighted by Crippen LogP contribution is -2.14. The number of carbonyl (C=O) groups excluding carboxylic acids is 1.